The highest BCUT2D eigenvalue weighted by atomic mass is 16.7. The van der Waals surface area contributed by atoms with Crippen LogP contribution < -0.4 is 10.1 Å². The Kier molecular flexibility index (Phi) is 4.82. The first kappa shape index (κ1) is 17.3. The molecule has 2 unspecified atom stereocenters. The second kappa shape index (κ2) is 7.25. The Bertz CT molecular complexity index is 672. The third kappa shape index (κ3) is 3.54. The summed E-state index contributed by atoms with van der Waals surface area (Å²) in [5.74, 6) is 1.18. The van der Waals surface area contributed by atoms with Crippen LogP contribution in [-0.2, 0) is 9.47 Å². The van der Waals surface area contributed by atoms with E-state index in [1.54, 1.807) is 0 Å². The zero-order chi connectivity index (χ0) is 18.0. The molecule has 2 aromatic carbocycles. The van der Waals surface area contributed by atoms with Gasteiger partial charge < -0.3 is 29.7 Å². The predicted molar refractivity (Wildman–Crippen MR) is 96.7 cm³/mol. The van der Waals surface area contributed by atoms with Crippen molar-refractivity contribution >= 4 is 11.4 Å². The predicted octanol–water partition coefficient (Wildman–Crippen LogP) is 3.17. The summed E-state index contributed by atoms with van der Waals surface area (Å²) in [5.41, 5.74) is 2.04. The number of hydrogen-bond donors (Lipinski definition) is 3. The minimum atomic E-state index is -0.697. The second-order valence-corrected chi connectivity index (χ2v) is 6.70. The van der Waals surface area contributed by atoms with Crippen molar-refractivity contribution in [1.29, 1.82) is 0 Å². The second-order valence-electron chi connectivity index (χ2n) is 6.70. The quantitative estimate of drug-likeness (QED) is 0.573. The van der Waals surface area contributed by atoms with Crippen molar-refractivity contribution in [2.75, 3.05) is 18.5 Å². The minimum absolute atomic E-state index is 0.397. The van der Waals surface area contributed by atoms with Crippen LogP contribution >= 0.6 is 0 Å². The molecule has 0 amide bonds. The van der Waals surface area contributed by atoms with Gasteiger partial charge in [-0.3, -0.25) is 0 Å². The van der Waals surface area contributed by atoms with Crippen LogP contribution in [0.3, 0.4) is 0 Å². The molecule has 2 fully saturated rings. The maximum absolute atomic E-state index is 9.39. The van der Waals surface area contributed by atoms with Crippen LogP contribution in [0, 0.1) is 0 Å². The Morgan fingerprint density at radius 2 is 1.42 bits per heavy atom. The van der Waals surface area contributed by atoms with E-state index < -0.39 is 18.0 Å². The number of aliphatic hydroxyl groups excluding tert-OH is 2. The van der Waals surface area contributed by atoms with Gasteiger partial charge in [0.1, 0.15) is 0 Å². The number of para-hydroxylation sites is 4. The lowest BCUT2D eigenvalue weighted by atomic mass is 9.89. The fourth-order valence-electron chi connectivity index (χ4n) is 3.46. The van der Waals surface area contributed by atoms with E-state index in [0.717, 1.165) is 22.9 Å². The Morgan fingerprint density at radius 3 is 2.00 bits per heavy atom. The first-order chi connectivity index (χ1) is 12.7. The molecule has 1 saturated carbocycles. The molecule has 2 aliphatic heterocycles. The van der Waals surface area contributed by atoms with Crippen molar-refractivity contribution in [1.82, 2.24) is 0 Å². The highest BCUT2D eigenvalue weighted by Gasteiger charge is 2.44. The Hall–Kier alpha value is -2.12. The summed E-state index contributed by atoms with van der Waals surface area (Å²) in [4.78, 5) is 0. The minimum Gasteiger partial charge on any atom is -0.453 e. The molecule has 5 rings (SSSR count). The van der Waals surface area contributed by atoms with Gasteiger partial charge in [-0.05, 0) is 30.7 Å². The van der Waals surface area contributed by atoms with E-state index in [2.05, 4.69) is 5.32 Å². The number of nitrogens with one attached hydrogen (secondary N) is 1. The largest absolute Gasteiger partial charge is 0.453 e. The van der Waals surface area contributed by atoms with Crippen molar-refractivity contribution in [2.45, 2.75) is 37.3 Å². The van der Waals surface area contributed by atoms with E-state index >= 15 is 0 Å². The van der Waals surface area contributed by atoms with Crippen LogP contribution in [0.1, 0.15) is 19.3 Å². The Morgan fingerprint density at radius 1 is 0.846 bits per heavy atom. The van der Waals surface area contributed by atoms with Crippen molar-refractivity contribution in [3.63, 3.8) is 0 Å². The van der Waals surface area contributed by atoms with E-state index in [1.165, 1.54) is 0 Å². The maximum atomic E-state index is 9.39. The molecule has 1 spiro atoms. The van der Waals surface area contributed by atoms with Crippen LogP contribution in [0.5, 0.6) is 11.5 Å². The fraction of sp³-hybridized carbons (Fsp3) is 0.400. The molecule has 3 N–H and O–H groups in total. The molecular formula is C20H23NO5. The van der Waals surface area contributed by atoms with Gasteiger partial charge in [-0.2, -0.15) is 0 Å². The molecule has 2 aromatic rings. The van der Waals surface area contributed by atoms with Gasteiger partial charge in [0.15, 0.2) is 17.3 Å². The Labute approximate surface area is 152 Å². The van der Waals surface area contributed by atoms with Crippen molar-refractivity contribution in [2.24, 2.45) is 0 Å². The van der Waals surface area contributed by atoms with Gasteiger partial charge in [-0.25, -0.2) is 0 Å². The summed E-state index contributed by atoms with van der Waals surface area (Å²) in [7, 11) is 0. The van der Waals surface area contributed by atoms with Gasteiger partial charge in [-0.1, -0.05) is 24.3 Å². The summed E-state index contributed by atoms with van der Waals surface area (Å²) in [5, 5.41) is 22.0. The number of ether oxygens (including phenoxy) is 3. The monoisotopic (exact) mass is 357 g/mol. The van der Waals surface area contributed by atoms with Crippen LogP contribution in [0.15, 0.2) is 48.5 Å². The van der Waals surface area contributed by atoms with E-state index in [-0.39, 0.29) is 0 Å². The molecule has 1 saturated heterocycles. The molecule has 2 heterocycles. The maximum Gasteiger partial charge on any atom is 0.171 e. The first-order valence-corrected chi connectivity index (χ1v) is 8.92. The van der Waals surface area contributed by atoms with Gasteiger partial charge in [0.25, 0.3) is 0 Å². The molecule has 6 heteroatoms. The van der Waals surface area contributed by atoms with Gasteiger partial charge in [0.05, 0.1) is 36.8 Å². The molecule has 1 aliphatic carbocycles. The number of benzene rings is 2. The van der Waals surface area contributed by atoms with E-state index in [9.17, 15) is 10.2 Å². The lowest BCUT2D eigenvalue weighted by Gasteiger charge is -2.36. The summed E-state index contributed by atoms with van der Waals surface area (Å²) in [6.07, 6.45) is 0.334. The summed E-state index contributed by atoms with van der Waals surface area (Å²) < 4.78 is 16.5. The first-order valence-electron chi connectivity index (χ1n) is 8.92. The zero-order valence-electron chi connectivity index (χ0n) is 14.4. The van der Waals surface area contributed by atoms with Crippen LogP contribution in [0.25, 0.3) is 0 Å². The van der Waals surface area contributed by atoms with Crippen LogP contribution in [0.2, 0.25) is 0 Å². The third-order valence-corrected chi connectivity index (χ3v) is 4.86. The van der Waals surface area contributed by atoms with Crippen molar-refractivity contribution in [3.8, 4) is 11.5 Å². The molecule has 0 bridgehead atoms. The third-order valence-electron chi connectivity index (χ3n) is 4.86. The smallest absolute Gasteiger partial charge is 0.171 e. The topological polar surface area (TPSA) is 80.2 Å². The average Bonchev–Trinajstić information content (AvgIpc) is 3.12. The van der Waals surface area contributed by atoms with E-state index in [4.69, 9.17) is 14.2 Å². The number of hydrogen-bond acceptors (Lipinski definition) is 6. The molecule has 3 aliphatic rings. The summed E-state index contributed by atoms with van der Waals surface area (Å²) in [6, 6.07) is 15.8. The lowest BCUT2D eigenvalue weighted by molar-refractivity contribution is -0.213. The van der Waals surface area contributed by atoms with Gasteiger partial charge in [-0.15, -0.1) is 0 Å². The van der Waals surface area contributed by atoms with Gasteiger partial charge in [0.2, 0.25) is 0 Å². The molecular weight excluding hydrogens is 334 g/mol. The van der Waals surface area contributed by atoms with Gasteiger partial charge >= 0.3 is 0 Å². The van der Waals surface area contributed by atoms with Crippen molar-refractivity contribution < 1.29 is 24.4 Å². The number of rotatable bonds is 0. The highest BCUT2D eigenvalue weighted by Crippen LogP contribution is 2.41. The van der Waals surface area contributed by atoms with Gasteiger partial charge in [0, 0.05) is 12.8 Å². The molecule has 138 valence electrons. The average molecular weight is 357 g/mol. The number of fused-ring (bicyclic) bond motifs is 2. The van der Waals surface area contributed by atoms with E-state index in [1.807, 2.05) is 48.5 Å². The van der Waals surface area contributed by atoms with E-state index in [0.29, 0.717) is 32.5 Å². The molecule has 0 aromatic heterocycles. The molecule has 6 nitrogen and oxygen atoms in total. The molecule has 26 heavy (non-hydrogen) atoms. The van der Waals surface area contributed by atoms with Crippen LogP contribution in [-0.4, -0.2) is 41.4 Å². The SMILES string of the molecule is OC1CCC2(CC1O)OCCO2.c1ccc2c(c1)Nc1ccccc1O2. The summed E-state index contributed by atoms with van der Waals surface area (Å²) >= 11 is 0. The number of aliphatic hydroxyl groups is 2. The number of anilines is 2. The highest BCUT2D eigenvalue weighted by molar-refractivity contribution is 5.75. The molecule has 0 radical (unpaired) electrons. The standard InChI is InChI=1S/C12H9NO.C8H14O4/c1-3-7-11-9(5-1)13-10-6-2-4-8-12(10)14-11;9-6-1-2-8(5-7(6)10)11-3-4-12-8/h1-8,13H;6-7,9-10H,1-5H2. The lowest BCUT2D eigenvalue weighted by Crippen LogP contribution is -2.45. The summed E-state index contributed by atoms with van der Waals surface area (Å²) in [6.45, 7) is 1.20. The van der Waals surface area contributed by atoms with Crippen LogP contribution in [0.4, 0.5) is 11.4 Å². The Balaban J connectivity index is 0.000000131. The zero-order valence-corrected chi connectivity index (χ0v) is 14.4. The molecule has 2 atom stereocenters. The van der Waals surface area contributed by atoms with Crippen molar-refractivity contribution in [3.05, 3.63) is 48.5 Å². The normalized spacial score (nSPS) is 25.2. The fourth-order valence-corrected chi connectivity index (χ4v) is 3.46.